The summed E-state index contributed by atoms with van der Waals surface area (Å²) in [6.45, 7) is 1.49. The number of anilines is 1. The fraction of sp³-hybridized carbons (Fsp3) is 0.391. The third-order valence-corrected chi connectivity index (χ3v) is 7.73. The molecule has 178 valence electrons. The SMILES string of the molecule is CNc1cc2ncoc2c2c1C[C@H]1C[C@H]3C(C)(NC)C(O)=C(C(N)=O)C(=O)[C@@]3(O)C(=O)C1=C2O. The van der Waals surface area contributed by atoms with E-state index in [2.05, 4.69) is 15.6 Å². The summed E-state index contributed by atoms with van der Waals surface area (Å²) in [6, 6.07) is 1.77. The third kappa shape index (κ3) is 2.42. The van der Waals surface area contributed by atoms with Crippen molar-refractivity contribution >= 4 is 40.0 Å². The molecule has 1 heterocycles. The molecule has 0 aliphatic heterocycles. The van der Waals surface area contributed by atoms with Gasteiger partial charge in [0.15, 0.2) is 17.6 Å². The molecular formula is C23H24N4O7. The Balaban J connectivity index is 1.78. The molecule has 0 radical (unpaired) electrons. The van der Waals surface area contributed by atoms with E-state index in [1.165, 1.54) is 20.4 Å². The highest BCUT2D eigenvalue weighted by molar-refractivity contribution is 6.33. The van der Waals surface area contributed by atoms with Crippen molar-refractivity contribution in [2.75, 3.05) is 19.4 Å². The molecular weight excluding hydrogens is 444 g/mol. The standard InChI is InChI=1S/C23H24N4O7/c1-22(26-3)12-5-8-4-9-10(25-2)6-11-17(34-7-27-11)14(9)16(28)13(8)19(30)23(12,33)20(31)15(18(22)29)21(24)32/h6-8,12,25-26,28-29,33H,4-5H2,1-3H3,(H2,24,32)/t8-,12-,22?,23-/m0/s1. The van der Waals surface area contributed by atoms with E-state index in [4.69, 9.17) is 10.2 Å². The van der Waals surface area contributed by atoms with E-state index < -0.39 is 57.5 Å². The molecule has 2 aromatic rings. The average molecular weight is 468 g/mol. The number of fused-ring (bicyclic) bond motifs is 5. The number of benzene rings is 1. The van der Waals surface area contributed by atoms with E-state index in [1.807, 2.05) is 0 Å². The first-order chi connectivity index (χ1) is 16.0. The van der Waals surface area contributed by atoms with E-state index in [-0.39, 0.29) is 23.1 Å². The van der Waals surface area contributed by atoms with Crippen LogP contribution in [0.1, 0.15) is 24.5 Å². The van der Waals surface area contributed by atoms with Crippen LogP contribution in [0.25, 0.3) is 16.9 Å². The van der Waals surface area contributed by atoms with E-state index in [0.29, 0.717) is 23.2 Å². The van der Waals surface area contributed by atoms with Gasteiger partial charge in [0.1, 0.15) is 22.6 Å². The van der Waals surface area contributed by atoms with Crippen LogP contribution in [-0.4, -0.2) is 63.0 Å². The fourth-order valence-corrected chi connectivity index (χ4v) is 5.87. The van der Waals surface area contributed by atoms with Crippen molar-refractivity contribution in [3.05, 3.63) is 40.5 Å². The van der Waals surface area contributed by atoms with Crippen LogP contribution in [0.4, 0.5) is 5.69 Å². The molecule has 11 heteroatoms. The van der Waals surface area contributed by atoms with Gasteiger partial charge in [-0.2, -0.15) is 0 Å². The molecule has 1 unspecified atom stereocenters. The first kappa shape index (κ1) is 22.1. The van der Waals surface area contributed by atoms with E-state index in [0.717, 1.165) is 0 Å². The highest BCUT2D eigenvalue weighted by atomic mass is 16.3. The van der Waals surface area contributed by atoms with Crippen molar-refractivity contribution in [3.8, 4) is 0 Å². The maximum absolute atomic E-state index is 13.8. The molecule has 0 bridgehead atoms. The van der Waals surface area contributed by atoms with E-state index in [1.54, 1.807) is 13.1 Å². The van der Waals surface area contributed by atoms with Gasteiger partial charge in [-0.15, -0.1) is 0 Å². The Morgan fingerprint density at radius 1 is 1.26 bits per heavy atom. The zero-order chi connectivity index (χ0) is 24.7. The number of nitrogens with two attached hydrogens (primary N) is 1. The number of aliphatic hydroxyl groups is 3. The largest absolute Gasteiger partial charge is 0.509 e. The molecule has 0 saturated heterocycles. The number of nitrogens with zero attached hydrogens (tertiary/aromatic N) is 1. The van der Waals surface area contributed by atoms with Crippen molar-refractivity contribution in [3.63, 3.8) is 0 Å². The number of Topliss-reactive ketones (excluding diaryl/α,β-unsaturated/α-hetero) is 2. The average Bonchev–Trinajstić information content (AvgIpc) is 3.27. The molecule has 1 aromatic heterocycles. The minimum Gasteiger partial charge on any atom is -0.509 e. The second-order valence-electron chi connectivity index (χ2n) is 9.14. The van der Waals surface area contributed by atoms with Gasteiger partial charge < -0.3 is 36.1 Å². The van der Waals surface area contributed by atoms with Crippen LogP contribution in [0.15, 0.2) is 33.8 Å². The maximum atomic E-state index is 13.8. The molecule has 3 aliphatic rings. The molecule has 7 N–H and O–H groups in total. The Morgan fingerprint density at radius 2 is 1.97 bits per heavy atom. The normalized spacial score (nSPS) is 30.8. The molecule has 11 nitrogen and oxygen atoms in total. The summed E-state index contributed by atoms with van der Waals surface area (Å²) >= 11 is 0. The van der Waals surface area contributed by atoms with Crippen molar-refractivity contribution in [2.45, 2.75) is 30.9 Å². The monoisotopic (exact) mass is 468 g/mol. The Bertz CT molecular complexity index is 1370. The van der Waals surface area contributed by atoms with Crippen LogP contribution in [0.2, 0.25) is 0 Å². The summed E-state index contributed by atoms with van der Waals surface area (Å²) in [7, 11) is 3.20. The predicted octanol–water partition coefficient (Wildman–Crippen LogP) is 0.489. The van der Waals surface area contributed by atoms with Gasteiger partial charge in [0, 0.05) is 24.2 Å². The molecule has 1 amide bonds. The number of hydrogen-bond acceptors (Lipinski definition) is 10. The molecule has 1 saturated carbocycles. The number of carbonyl (C=O) groups is 3. The number of oxazole rings is 1. The van der Waals surface area contributed by atoms with Crippen molar-refractivity contribution < 1.29 is 34.1 Å². The van der Waals surface area contributed by atoms with Gasteiger partial charge in [0.2, 0.25) is 11.6 Å². The van der Waals surface area contributed by atoms with Gasteiger partial charge >= 0.3 is 0 Å². The number of nitrogens with one attached hydrogen (secondary N) is 2. The van der Waals surface area contributed by atoms with Crippen molar-refractivity contribution in [1.29, 1.82) is 0 Å². The second kappa shape index (κ2) is 6.90. The molecule has 34 heavy (non-hydrogen) atoms. The first-order valence-electron chi connectivity index (χ1n) is 10.8. The lowest BCUT2D eigenvalue weighted by atomic mass is 9.53. The van der Waals surface area contributed by atoms with Gasteiger partial charge in [-0.25, -0.2) is 4.98 Å². The number of aromatic nitrogens is 1. The van der Waals surface area contributed by atoms with Gasteiger partial charge in [0.05, 0.1) is 11.1 Å². The van der Waals surface area contributed by atoms with Crippen LogP contribution in [-0.2, 0) is 20.8 Å². The van der Waals surface area contributed by atoms with Crippen LogP contribution in [0.5, 0.6) is 0 Å². The summed E-state index contributed by atoms with van der Waals surface area (Å²) in [6.07, 6.45) is 1.56. The predicted molar refractivity (Wildman–Crippen MR) is 120 cm³/mol. The van der Waals surface area contributed by atoms with Gasteiger partial charge in [-0.1, -0.05) is 0 Å². The lowest BCUT2D eigenvalue weighted by Gasteiger charge is -2.53. The summed E-state index contributed by atoms with van der Waals surface area (Å²) in [5.74, 6) is -6.33. The fourth-order valence-electron chi connectivity index (χ4n) is 5.87. The lowest BCUT2D eigenvalue weighted by molar-refractivity contribution is -0.163. The van der Waals surface area contributed by atoms with Crippen molar-refractivity contribution in [1.82, 2.24) is 10.3 Å². The lowest BCUT2D eigenvalue weighted by Crippen LogP contribution is -2.71. The number of rotatable bonds is 3. The zero-order valence-electron chi connectivity index (χ0n) is 18.7. The number of carbonyl (C=O) groups excluding carboxylic acids is 3. The second-order valence-corrected chi connectivity index (χ2v) is 9.14. The number of ketones is 2. The van der Waals surface area contributed by atoms with Crippen LogP contribution < -0.4 is 16.4 Å². The Morgan fingerprint density at radius 3 is 2.59 bits per heavy atom. The summed E-state index contributed by atoms with van der Waals surface area (Å²) < 4.78 is 5.48. The number of amides is 1. The Labute approximate surface area is 193 Å². The van der Waals surface area contributed by atoms with E-state index in [9.17, 15) is 29.7 Å². The minimum atomic E-state index is -2.72. The van der Waals surface area contributed by atoms with Gasteiger partial charge in [-0.05, 0) is 44.4 Å². The summed E-state index contributed by atoms with van der Waals surface area (Å²) in [5, 5.41) is 39.7. The van der Waals surface area contributed by atoms with Crippen LogP contribution in [0, 0.1) is 11.8 Å². The number of hydrogen-bond donors (Lipinski definition) is 6. The molecule has 4 atom stereocenters. The van der Waals surface area contributed by atoms with E-state index >= 15 is 0 Å². The van der Waals surface area contributed by atoms with Crippen LogP contribution in [0.3, 0.4) is 0 Å². The highest BCUT2D eigenvalue weighted by Gasteiger charge is 2.67. The maximum Gasteiger partial charge on any atom is 0.255 e. The number of likely N-dealkylation sites (N-methyl/N-ethyl adjacent to an activating group) is 1. The summed E-state index contributed by atoms with van der Waals surface area (Å²) in [5.41, 5.74) is 2.51. The molecule has 0 spiro atoms. The molecule has 5 rings (SSSR count). The van der Waals surface area contributed by atoms with Gasteiger partial charge in [-0.3, -0.25) is 14.4 Å². The number of aliphatic hydroxyl groups excluding tert-OH is 2. The van der Waals surface area contributed by atoms with Crippen LogP contribution >= 0.6 is 0 Å². The Kier molecular flexibility index (Phi) is 4.49. The minimum absolute atomic E-state index is 0.0534. The molecule has 1 fully saturated rings. The highest BCUT2D eigenvalue weighted by Crippen LogP contribution is 2.54. The number of primary amides is 1. The topological polar surface area (TPSA) is 188 Å². The zero-order valence-corrected chi connectivity index (χ0v) is 18.7. The smallest absolute Gasteiger partial charge is 0.255 e. The first-order valence-corrected chi connectivity index (χ1v) is 10.8. The quantitative estimate of drug-likeness (QED) is 0.273. The molecule has 1 aromatic carbocycles. The summed E-state index contributed by atoms with van der Waals surface area (Å²) in [4.78, 5) is 43.3. The van der Waals surface area contributed by atoms with Crippen molar-refractivity contribution in [2.24, 2.45) is 17.6 Å². The Hall–Kier alpha value is -3.70. The third-order valence-electron chi connectivity index (χ3n) is 7.73. The molecule has 3 aliphatic carbocycles. The van der Waals surface area contributed by atoms with Gasteiger partial charge in [0.25, 0.3) is 5.91 Å².